The normalized spacial score (nSPS) is 13.5. The number of rotatable bonds is 12. The van der Waals surface area contributed by atoms with E-state index in [1.54, 1.807) is 54.9 Å². The highest BCUT2D eigenvalue weighted by Gasteiger charge is 2.25. The van der Waals surface area contributed by atoms with E-state index in [1.165, 1.54) is 73.2 Å². The van der Waals surface area contributed by atoms with Crippen LogP contribution in [0, 0.1) is 23.3 Å². The smallest absolute Gasteiger partial charge is 0.355 e. The van der Waals surface area contributed by atoms with Gasteiger partial charge in [0.15, 0.2) is 23.1 Å². The molecule has 0 bridgehead atoms. The number of aromatic nitrogens is 4. The second kappa shape index (κ2) is 24.2. The lowest BCUT2D eigenvalue weighted by atomic mass is 9.98. The number of nitrogens with one attached hydrogen (secondary N) is 1. The van der Waals surface area contributed by atoms with Crippen molar-refractivity contribution in [3.8, 4) is 0 Å². The Morgan fingerprint density at radius 1 is 0.513 bits per heavy atom. The molecule has 0 atom stereocenters. The molecule has 0 aliphatic carbocycles. The van der Waals surface area contributed by atoms with E-state index in [2.05, 4.69) is 30.1 Å². The molecule has 0 saturated carbocycles. The number of Topliss-reactive ketones (excluding diaryl/α,β-unsaturated/α-hetero) is 2. The number of alkyl halides is 3. The van der Waals surface area contributed by atoms with Crippen molar-refractivity contribution in [2.24, 2.45) is 0 Å². The SMILES string of the molecule is O=C(Cc1ccc(C(=O)c2ccc3ncc(N4CCCCC4)nc3c2)c(F)c1)c1cccc(F)c1.O=C(Cc1ccc(C(=O)c2ccc3ncc(N4CCNCC4)nc3c2)c(F)c1)c1cccc(F)c1.O=CC(F)(F)F. The molecule has 0 unspecified atom stereocenters. The Bertz CT molecular complexity index is 3250. The standard InChI is InChI=1S/C28H23F2N3O2.C27H22F2N4O2.C2HF3O/c29-21-6-4-5-19(15-21)26(34)14-18-7-9-22(23(30)13-18)28(35)20-8-10-24-25(16-20)32-27(17-31-24)33-11-2-1-3-12-33;28-20-3-1-2-18(14-20)25(34)13-17-4-6-21(22(29)12-17)27(35)19-5-7-23-24(15-19)32-26(16-31-23)33-10-8-30-9-11-33;3-2(4,5)1-6/h4-10,13,15-17H,1-3,11-12,14H2;1-7,12,14-16,30H,8-11,13H2;1H. The van der Waals surface area contributed by atoms with Gasteiger partial charge in [0.1, 0.15) is 34.9 Å². The van der Waals surface area contributed by atoms with Gasteiger partial charge in [-0.2, -0.15) is 13.2 Å². The molecule has 0 radical (unpaired) electrons. The molecule has 10 rings (SSSR count). The van der Waals surface area contributed by atoms with Crippen molar-refractivity contribution in [3.63, 3.8) is 0 Å². The van der Waals surface area contributed by atoms with Crippen molar-refractivity contribution in [2.75, 3.05) is 49.1 Å². The van der Waals surface area contributed by atoms with E-state index in [0.717, 1.165) is 75.9 Å². The van der Waals surface area contributed by atoms with Crippen LogP contribution in [-0.2, 0) is 17.6 Å². The van der Waals surface area contributed by atoms with Gasteiger partial charge in [-0.05, 0) is 115 Å². The lowest BCUT2D eigenvalue weighted by Gasteiger charge is -2.28. The van der Waals surface area contributed by atoms with Gasteiger partial charge < -0.3 is 15.1 Å². The minimum Gasteiger partial charge on any atom is -0.355 e. The second-order valence-corrected chi connectivity index (χ2v) is 17.8. The molecule has 76 heavy (non-hydrogen) atoms. The van der Waals surface area contributed by atoms with E-state index in [9.17, 15) is 49.9 Å². The van der Waals surface area contributed by atoms with Crippen LogP contribution >= 0.6 is 0 Å². The third-order valence-corrected chi connectivity index (χ3v) is 12.4. The Labute approximate surface area is 430 Å². The average Bonchev–Trinajstić information content (AvgIpc) is 3.44. The number of piperazine rings is 1. The van der Waals surface area contributed by atoms with E-state index < -0.39 is 47.3 Å². The Morgan fingerprint density at radius 2 is 0.947 bits per heavy atom. The van der Waals surface area contributed by atoms with Crippen LogP contribution in [0.4, 0.5) is 42.4 Å². The molecule has 2 aromatic heterocycles. The van der Waals surface area contributed by atoms with Crippen LogP contribution in [0.2, 0.25) is 0 Å². The maximum atomic E-state index is 14.9. The quantitative estimate of drug-likeness (QED) is 0.0703. The van der Waals surface area contributed by atoms with E-state index in [0.29, 0.717) is 44.3 Å². The summed E-state index contributed by atoms with van der Waals surface area (Å²) < 4.78 is 87.8. The highest BCUT2D eigenvalue weighted by atomic mass is 19.4. The second-order valence-electron chi connectivity index (χ2n) is 17.8. The number of fused-ring (bicyclic) bond motifs is 2. The van der Waals surface area contributed by atoms with Gasteiger partial charge in [0.25, 0.3) is 0 Å². The number of carbonyl (C=O) groups excluding carboxylic acids is 5. The van der Waals surface area contributed by atoms with Crippen LogP contribution in [0.15, 0.2) is 134 Å². The van der Waals surface area contributed by atoms with Crippen LogP contribution in [0.1, 0.15) is 82.9 Å². The first-order chi connectivity index (χ1) is 36.5. The molecule has 388 valence electrons. The van der Waals surface area contributed by atoms with Gasteiger partial charge in [0, 0.05) is 74.4 Å². The van der Waals surface area contributed by atoms with Crippen molar-refractivity contribution in [2.45, 2.75) is 38.3 Å². The Kier molecular flexibility index (Phi) is 17.1. The fourth-order valence-corrected chi connectivity index (χ4v) is 8.52. The zero-order valence-electron chi connectivity index (χ0n) is 40.4. The molecular formula is C57H46F7N7O5. The molecule has 2 aliphatic rings. The van der Waals surface area contributed by atoms with Gasteiger partial charge in [-0.3, -0.25) is 33.9 Å². The van der Waals surface area contributed by atoms with Crippen LogP contribution in [0.5, 0.6) is 0 Å². The molecule has 6 aromatic carbocycles. The first-order valence-corrected chi connectivity index (χ1v) is 24.0. The Hall–Kier alpha value is -8.58. The molecule has 4 heterocycles. The van der Waals surface area contributed by atoms with Gasteiger partial charge >= 0.3 is 6.18 Å². The lowest BCUT2D eigenvalue weighted by Crippen LogP contribution is -2.43. The molecule has 0 spiro atoms. The number of carbonyl (C=O) groups is 5. The summed E-state index contributed by atoms with van der Waals surface area (Å²) in [5.74, 6) is -2.57. The largest absolute Gasteiger partial charge is 0.446 e. The van der Waals surface area contributed by atoms with Crippen molar-refractivity contribution < 1.29 is 54.7 Å². The monoisotopic (exact) mass is 1040 g/mol. The summed E-state index contributed by atoms with van der Waals surface area (Å²) in [6.45, 7) is 5.22. The highest BCUT2D eigenvalue weighted by Crippen LogP contribution is 2.25. The van der Waals surface area contributed by atoms with Crippen molar-refractivity contribution in [1.82, 2.24) is 25.3 Å². The maximum absolute atomic E-state index is 14.9. The zero-order valence-corrected chi connectivity index (χ0v) is 40.4. The van der Waals surface area contributed by atoms with Crippen molar-refractivity contribution in [3.05, 3.63) is 201 Å². The van der Waals surface area contributed by atoms with Crippen molar-refractivity contribution >= 4 is 63.1 Å². The number of anilines is 2. The third-order valence-electron chi connectivity index (χ3n) is 12.4. The molecule has 2 saturated heterocycles. The molecule has 1 N–H and O–H groups in total. The lowest BCUT2D eigenvalue weighted by molar-refractivity contribution is -0.156. The Morgan fingerprint density at radius 3 is 1.36 bits per heavy atom. The van der Waals surface area contributed by atoms with Gasteiger partial charge in [-0.25, -0.2) is 27.5 Å². The number of benzene rings is 6. The third kappa shape index (κ3) is 13.8. The molecule has 2 aliphatic heterocycles. The van der Waals surface area contributed by atoms with E-state index in [-0.39, 0.29) is 46.7 Å². The number of hydrogen-bond acceptors (Lipinski definition) is 12. The van der Waals surface area contributed by atoms with Crippen molar-refractivity contribution in [1.29, 1.82) is 0 Å². The first-order valence-electron chi connectivity index (χ1n) is 24.0. The summed E-state index contributed by atoms with van der Waals surface area (Å²) in [6.07, 6.45) is 1.00. The van der Waals surface area contributed by atoms with E-state index in [1.807, 2.05) is 0 Å². The topological polar surface area (TPSA) is 155 Å². The molecule has 19 heteroatoms. The molecule has 12 nitrogen and oxygen atoms in total. The predicted octanol–water partition coefficient (Wildman–Crippen LogP) is 10.3. The summed E-state index contributed by atoms with van der Waals surface area (Å²) in [4.78, 5) is 82.3. The number of piperidine rings is 1. The van der Waals surface area contributed by atoms with Gasteiger partial charge in [0.2, 0.25) is 6.29 Å². The predicted molar refractivity (Wildman–Crippen MR) is 271 cm³/mol. The molecule has 0 amide bonds. The number of halogens is 7. The van der Waals surface area contributed by atoms with Gasteiger partial charge in [-0.1, -0.05) is 36.4 Å². The number of nitrogens with zero attached hydrogens (tertiary/aromatic N) is 6. The van der Waals surface area contributed by atoms with Gasteiger partial charge in [0.05, 0.1) is 45.6 Å². The maximum Gasteiger partial charge on any atom is 0.446 e. The minimum absolute atomic E-state index is 0.0913. The molecular weight excluding hydrogens is 996 g/mol. The highest BCUT2D eigenvalue weighted by molar-refractivity contribution is 6.11. The fraction of sp³-hybridized carbons (Fsp3) is 0.211. The van der Waals surface area contributed by atoms with Crippen LogP contribution in [-0.4, -0.2) is 94.8 Å². The van der Waals surface area contributed by atoms with E-state index in [4.69, 9.17) is 9.78 Å². The summed E-state index contributed by atoms with van der Waals surface area (Å²) in [7, 11) is 0. The average molecular weight is 1040 g/mol. The number of ketones is 4. The Balaban J connectivity index is 0.000000182. The van der Waals surface area contributed by atoms with Crippen LogP contribution < -0.4 is 15.1 Å². The summed E-state index contributed by atoms with van der Waals surface area (Å²) in [5.41, 5.74) is 4.10. The fourth-order valence-electron chi connectivity index (χ4n) is 8.52. The summed E-state index contributed by atoms with van der Waals surface area (Å²) in [5, 5.41) is 3.29. The van der Waals surface area contributed by atoms with Gasteiger partial charge in [-0.15, -0.1) is 0 Å². The number of aldehydes is 1. The summed E-state index contributed by atoms with van der Waals surface area (Å²) in [6, 6.07) is 28.8. The van der Waals surface area contributed by atoms with E-state index >= 15 is 0 Å². The molecule has 2 fully saturated rings. The van der Waals surface area contributed by atoms with Crippen LogP contribution in [0.25, 0.3) is 22.1 Å². The summed E-state index contributed by atoms with van der Waals surface area (Å²) >= 11 is 0. The molecule has 8 aromatic rings. The minimum atomic E-state index is -4.64. The van der Waals surface area contributed by atoms with Crippen LogP contribution in [0.3, 0.4) is 0 Å². The number of hydrogen-bond donors (Lipinski definition) is 1. The first kappa shape index (κ1) is 53.7. The zero-order chi connectivity index (χ0) is 53.9.